The van der Waals surface area contributed by atoms with Gasteiger partial charge in [0.25, 0.3) is 0 Å². The van der Waals surface area contributed by atoms with Gasteiger partial charge >= 0.3 is 0 Å². The van der Waals surface area contributed by atoms with Crippen LogP contribution in [0.15, 0.2) is 5.10 Å². The minimum atomic E-state index is -0.768. The van der Waals surface area contributed by atoms with Crippen molar-refractivity contribution < 1.29 is 10.0 Å². The average molecular weight is 171 g/mol. The standard InChI is InChI=1S/C7H13N3O2/c1-5-4-7(3,9-12)10(8-5)6(2)11/h9,12H,4H2,1-3H3. The van der Waals surface area contributed by atoms with Crippen LogP contribution >= 0.6 is 0 Å². The lowest BCUT2D eigenvalue weighted by Gasteiger charge is -2.29. The van der Waals surface area contributed by atoms with Gasteiger partial charge in [0, 0.05) is 19.1 Å². The van der Waals surface area contributed by atoms with Crippen molar-refractivity contribution in [3.05, 3.63) is 0 Å². The number of rotatable bonds is 1. The first kappa shape index (κ1) is 9.15. The molecule has 0 saturated heterocycles. The molecular weight excluding hydrogens is 158 g/mol. The summed E-state index contributed by atoms with van der Waals surface area (Å²) >= 11 is 0. The Kier molecular flexibility index (Phi) is 2.16. The molecule has 0 aliphatic carbocycles. The van der Waals surface area contributed by atoms with Crippen LogP contribution in [0.5, 0.6) is 0 Å². The zero-order chi connectivity index (χ0) is 9.35. The highest BCUT2D eigenvalue weighted by atomic mass is 16.5. The molecular formula is C7H13N3O2. The van der Waals surface area contributed by atoms with Crippen molar-refractivity contribution >= 4 is 11.6 Å². The summed E-state index contributed by atoms with van der Waals surface area (Å²) in [5, 5.41) is 14.1. The molecule has 1 heterocycles. The van der Waals surface area contributed by atoms with Crippen LogP contribution in [-0.4, -0.2) is 27.5 Å². The Balaban J connectivity index is 2.88. The molecule has 1 atom stereocenters. The number of carbonyl (C=O) groups excluding carboxylic acids is 1. The van der Waals surface area contributed by atoms with E-state index >= 15 is 0 Å². The molecule has 0 saturated carbocycles. The lowest BCUT2D eigenvalue weighted by molar-refractivity contribution is -0.139. The Bertz CT molecular complexity index is 239. The van der Waals surface area contributed by atoms with Crippen LogP contribution in [0, 0.1) is 0 Å². The van der Waals surface area contributed by atoms with Gasteiger partial charge in [0.1, 0.15) is 5.66 Å². The van der Waals surface area contributed by atoms with Crippen molar-refractivity contribution in [2.75, 3.05) is 0 Å². The fourth-order valence-electron chi connectivity index (χ4n) is 1.39. The highest BCUT2D eigenvalue weighted by Crippen LogP contribution is 2.23. The molecule has 0 radical (unpaired) electrons. The van der Waals surface area contributed by atoms with E-state index in [1.165, 1.54) is 11.9 Å². The Morgan fingerprint density at radius 2 is 2.42 bits per heavy atom. The Morgan fingerprint density at radius 3 is 2.75 bits per heavy atom. The molecule has 0 aromatic carbocycles. The Morgan fingerprint density at radius 1 is 1.83 bits per heavy atom. The molecule has 0 aromatic rings. The molecule has 1 unspecified atom stereocenters. The van der Waals surface area contributed by atoms with E-state index in [1.807, 2.05) is 6.92 Å². The largest absolute Gasteiger partial charge is 0.314 e. The van der Waals surface area contributed by atoms with Crippen LogP contribution in [0.1, 0.15) is 27.2 Å². The summed E-state index contributed by atoms with van der Waals surface area (Å²) in [6.45, 7) is 4.95. The van der Waals surface area contributed by atoms with E-state index in [9.17, 15) is 4.79 Å². The first-order valence-electron chi connectivity index (χ1n) is 3.76. The van der Waals surface area contributed by atoms with Gasteiger partial charge in [0.2, 0.25) is 5.91 Å². The number of amides is 1. The fourth-order valence-corrected chi connectivity index (χ4v) is 1.39. The molecule has 1 aliphatic heterocycles. The molecule has 0 aromatic heterocycles. The van der Waals surface area contributed by atoms with E-state index in [2.05, 4.69) is 10.6 Å². The third kappa shape index (κ3) is 1.33. The van der Waals surface area contributed by atoms with Crippen molar-refractivity contribution in [1.82, 2.24) is 10.5 Å². The summed E-state index contributed by atoms with van der Waals surface area (Å²) in [7, 11) is 0. The quantitative estimate of drug-likeness (QED) is 0.558. The maximum Gasteiger partial charge on any atom is 0.241 e. The van der Waals surface area contributed by atoms with E-state index in [0.29, 0.717) is 6.42 Å². The van der Waals surface area contributed by atoms with Gasteiger partial charge in [-0.3, -0.25) is 4.79 Å². The molecule has 0 spiro atoms. The predicted octanol–water partition coefficient (Wildman–Crippen LogP) is 0.310. The second-order valence-corrected chi connectivity index (χ2v) is 3.23. The highest BCUT2D eigenvalue weighted by molar-refractivity contribution is 5.88. The van der Waals surface area contributed by atoms with Gasteiger partial charge in [-0.05, 0) is 13.8 Å². The van der Waals surface area contributed by atoms with Gasteiger partial charge in [0.15, 0.2) is 0 Å². The summed E-state index contributed by atoms with van der Waals surface area (Å²) in [4.78, 5) is 11.0. The summed E-state index contributed by atoms with van der Waals surface area (Å²) in [5.41, 5.74) is 2.15. The van der Waals surface area contributed by atoms with Crippen LogP contribution in [0.25, 0.3) is 0 Å². The Labute approximate surface area is 71.0 Å². The molecule has 68 valence electrons. The maximum absolute atomic E-state index is 11.0. The van der Waals surface area contributed by atoms with Crippen LogP contribution in [0.2, 0.25) is 0 Å². The van der Waals surface area contributed by atoms with Gasteiger partial charge in [0.05, 0.1) is 0 Å². The average Bonchev–Trinajstić information content (AvgIpc) is 2.27. The van der Waals surface area contributed by atoms with E-state index in [4.69, 9.17) is 5.21 Å². The van der Waals surface area contributed by atoms with Gasteiger partial charge in [-0.15, -0.1) is 0 Å². The highest BCUT2D eigenvalue weighted by Gasteiger charge is 2.38. The first-order valence-corrected chi connectivity index (χ1v) is 3.76. The van der Waals surface area contributed by atoms with E-state index in [1.54, 1.807) is 6.92 Å². The molecule has 1 amide bonds. The van der Waals surface area contributed by atoms with Gasteiger partial charge in [-0.2, -0.15) is 10.6 Å². The first-order chi connectivity index (χ1) is 5.49. The second kappa shape index (κ2) is 2.84. The zero-order valence-corrected chi connectivity index (χ0v) is 7.46. The predicted molar refractivity (Wildman–Crippen MR) is 43.6 cm³/mol. The summed E-state index contributed by atoms with van der Waals surface area (Å²) in [6, 6.07) is 0. The van der Waals surface area contributed by atoms with Crippen molar-refractivity contribution in [2.24, 2.45) is 5.10 Å². The van der Waals surface area contributed by atoms with Gasteiger partial charge < -0.3 is 5.21 Å². The molecule has 0 bridgehead atoms. The maximum atomic E-state index is 11.0. The van der Waals surface area contributed by atoms with Crippen LogP contribution < -0.4 is 5.48 Å². The van der Waals surface area contributed by atoms with Crippen molar-refractivity contribution in [1.29, 1.82) is 0 Å². The monoisotopic (exact) mass is 171 g/mol. The summed E-state index contributed by atoms with van der Waals surface area (Å²) in [6.07, 6.45) is 0.545. The number of hydroxylamine groups is 1. The normalized spacial score (nSPS) is 29.0. The van der Waals surface area contributed by atoms with Crippen molar-refractivity contribution in [3.63, 3.8) is 0 Å². The van der Waals surface area contributed by atoms with E-state index < -0.39 is 5.66 Å². The molecule has 2 N–H and O–H groups in total. The SMILES string of the molecule is CC(=O)N1N=C(C)CC1(C)NO. The van der Waals surface area contributed by atoms with Gasteiger partial charge in [-0.25, -0.2) is 5.01 Å². The topological polar surface area (TPSA) is 64.9 Å². The smallest absolute Gasteiger partial charge is 0.241 e. The number of hydrazone groups is 1. The number of nitrogens with zero attached hydrogens (tertiary/aromatic N) is 2. The number of carbonyl (C=O) groups is 1. The summed E-state index contributed by atoms with van der Waals surface area (Å²) in [5.74, 6) is -0.184. The van der Waals surface area contributed by atoms with Gasteiger partial charge in [-0.1, -0.05) is 0 Å². The van der Waals surface area contributed by atoms with Crippen LogP contribution in [0.3, 0.4) is 0 Å². The summed E-state index contributed by atoms with van der Waals surface area (Å²) < 4.78 is 0. The fraction of sp³-hybridized carbons (Fsp3) is 0.714. The van der Waals surface area contributed by atoms with Crippen molar-refractivity contribution in [2.45, 2.75) is 32.9 Å². The molecule has 5 nitrogen and oxygen atoms in total. The minimum Gasteiger partial charge on any atom is -0.314 e. The molecule has 0 fully saturated rings. The zero-order valence-electron chi connectivity index (χ0n) is 7.46. The lowest BCUT2D eigenvalue weighted by atomic mass is 10.1. The molecule has 1 aliphatic rings. The number of hydrogen-bond donors (Lipinski definition) is 2. The minimum absolute atomic E-state index is 0.184. The molecule has 1 rings (SSSR count). The Hall–Kier alpha value is -0.940. The second-order valence-electron chi connectivity index (χ2n) is 3.23. The third-order valence-corrected chi connectivity index (χ3v) is 1.88. The third-order valence-electron chi connectivity index (χ3n) is 1.88. The van der Waals surface area contributed by atoms with Crippen LogP contribution in [0.4, 0.5) is 0 Å². The van der Waals surface area contributed by atoms with Crippen LogP contribution in [-0.2, 0) is 4.79 Å². The van der Waals surface area contributed by atoms with E-state index in [0.717, 1.165) is 5.71 Å². The van der Waals surface area contributed by atoms with Crippen molar-refractivity contribution in [3.8, 4) is 0 Å². The lowest BCUT2D eigenvalue weighted by Crippen LogP contribution is -2.52. The van der Waals surface area contributed by atoms with E-state index in [-0.39, 0.29) is 5.91 Å². The number of hydrogen-bond acceptors (Lipinski definition) is 4. The number of nitrogens with one attached hydrogen (secondary N) is 1. The molecule has 5 heteroatoms. The molecule has 12 heavy (non-hydrogen) atoms.